The highest BCUT2D eigenvalue weighted by Gasteiger charge is 2.36. The van der Waals surface area contributed by atoms with E-state index in [4.69, 9.17) is 5.73 Å². The summed E-state index contributed by atoms with van der Waals surface area (Å²) in [4.78, 5) is 10.4. The highest BCUT2D eigenvalue weighted by molar-refractivity contribution is 7.89. The Morgan fingerprint density at radius 2 is 1.79 bits per heavy atom. The Labute approximate surface area is 107 Å². The van der Waals surface area contributed by atoms with Crippen LogP contribution in [0, 0.1) is 0 Å². The summed E-state index contributed by atoms with van der Waals surface area (Å²) in [5.41, 5.74) is 2.69. The lowest BCUT2D eigenvalue weighted by Crippen LogP contribution is -2.24. The number of nitrogens with two attached hydrogens (primary N) is 1. The van der Waals surface area contributed by atoms with Crippen LogP contribution in [0.15, 0.2) is 23.1 Å². The van der Waals surface area contributed by atoms with Crippen LogP contribution in [0.5, 0.6) is 0 Å². The maximum absolute atomic E-state index is 12.8. The number of halogens is 3. The van der Waals surface area contributed by atoms with Crippen LogP contribution < -0.4 is 5.73 Å². The standard InChI is InChI=1S/C10H11F3N2O3S/c1-15(2)19(17,18)6-3-4-7(9(14)16)8(5-6)10(11,12)13/h3-5H,1-2H3,(H2,14,16). The number of hydrogen-bond donors (Lipinski definition) is 1. The van der Waals surface area contributed by atoms with Gasteiger partial charge in [0.1, 0.15) is 0 Å². The molecule has 0 aromatic heterocycles. The Kier molecular flexibility index (Phi) is 3.92. The average molecular weight is 296 g/mol. The van der Waals surface area contributed by atoms with E-state index in [0.29, 0.717) is 6.07 Å². The van der Waals surface area contributed by atoms with E-state index in [1.165, 1.54) is 14.1 Å². The molecule has 0 bridgehead atoms. The zero-order valence-electron chi connectivity index (χ0n) is 10.0. The van der Waals surface area contributed by atoms with Gasteiger partial charge in [0.2, 0.25) is 15.9 Å². The van der Waals surface area contributed by atoms with Crippen molar-refractivity contribution in [2.45, 2.75) is 11.1 Å². The zero-order valence-corrected chi connectivity index (χ0v) is 10.8. The highest BCUT2D eigenvalue weighted by atomic mass is 32.2. The predicted molar refractivity (Wildman–Crippen MR) is 60.8 cm³/mol. The van der Waals surface area contributed by atoms with Crippen LogP contribution in [0.3, 0.4) is 0 Å². The summed E-state index contributed by atoms with van der Waals surface area (Å²) < 4.78 is 62.5. The average Bonchev–Trinajstić information content (AvgIpc) is 2.26. The van der Waals surface area contributed by atoms with Gasteiger partial charge in [-0.25, -0.2) is 12.7 Å². The van der Waals surface area contributed by atoms with E-state index in [2.05, 4.69) is 0 Å². The molecule has 19 heavy (non-hydrogen) atoms. The molecule has 9 heteroatoms. The molecular weight excluding hydrogens is 285 g/mol. The molecular formula is C10H11F3N2O3S. The van der Waals surface area contributed by atoms with Gasteiger partial charge >= 0.3 is 6.18 Å². The maximum Gasteiger partial charge on any atom is 0.417 e. The van der Waals surface area contributed by atoms with Crippen molar-refractivity contribution in [2.75, 3.05) is 14.1 Å². The molecule has 0 aliphatic carbocycles. The van der Waals surface area contributed by atoms with Gasteiger partial charge in [-0.2, -0.15) is 13.2 Å². The number of alkyl halides is 3. The van der Waals surface area contributed by atoms with Crippen LogP contribution in [-0.2, 0) is 16.2 Å². The summed E-state index contributed by atoms with van der Waals surface area (Å²) >= 11 is 0. The topological polar surface area (TPSA) is 80.5 Å². The van der Waals surface area contributed by atoms with Gasteiger partial charge in [0.05, 0.1) is 16.0 Å². The molecule has 0 heterocycles. The number of benzene rings is 1. The van der Waals surface area contributed by atoms with Crippen molar-refractivity contribution >= 4 is 15.9 Å². The monoisotopic (exact) mass is 296 g/mol. The van der Waals surface area contributed by atoms with Crippen molar-refractivity contribution in [1.29, 1.82) is 0 Å². The molecule has 5 nitrogen and oxygen atoms in total. The summed E-state index contributed by atoms with van der Waals surface area (Å²) in [5.74, 6) is -1.28. The predicted octanol–water partition coefficient (Wildman–Crippen LogP) is 1.05. The number of primary amides is 1. The lowest BCUT2D eigenvalue weighted by Gasteiger charge is -2.15. The molecule has 0 saturated carbocycles. The largest absolute Gasteiger partial charge is 0.417 e. The van der Waals surface area contributed by atoms with Gasteiger partial charge in [0.15, 0.2) is 0 Å². The Hall–Kier alpha value is -1.61. The fourth-order valence-electron chi connectivity index (χ4n) is 1.34. The van der Waals surface area contributed by atoms with Gasteiger partial charge in [-0.3, -0.25) is 4.79 Å². The first-order chi connectivity index (χ1) is 8.48. The molecule has 0 atom stereocenters. The molecule has 1 aromatic carbocycles. The molecule has 0 unspecified atom stereocenters. The minimum Gasteiger partial charge on any atom is -0.366 e. The quantitative estimate of drug-likeness (QED) is 0.905. The Morgan fingerprint density at radius 1 is 1.26 bits per heavy atom. The maximum atomic E-state index is 12.8. The van der Waals surface area contributed by atoms with Crippen molar-refractivity contribution < 1.29 is 26.4 Å². The SMILES string of the molecule is CN(C)S(=O)(=O)c1ccc(C(N)=O)c(C(F)(F)F)c1. The molecule has 1 aromatic rings. The summed E-state index contributed by atoms with van der Waals surface area (Å²) in [5, 5.41) is 0. The van der Waals surface area contributed by atoms with Crippen molar-refractivity contribution in [3.63, 3.8) is 0 Å². The van der Waals surface area contributed by atoms with Crippen LogP contribution in [0.4, 0.5) is 13.2 Å². The van der Waals surface area contributed by atoms with E-state index in [1.807, 2.05) is 0 Å². The molecule has 0 aliphatic rings. The molecule has 0 aliphatic heterocycles. The Morgan fingerprint density at radius 3 is 2.16 bits per heavy atom. The zero-order chi connectivity index (χ0) is 15.0. The lowest BCUT2D eigenvalue weighted by atomic mass is 10.1. The second-order valence-electron chi connectivity index (χ2n) is 3.86. The number of amides is 1. The fraction of sp³-hybridized carbons (Fsp3) is 0.300. The molecule has 106 valence electrons. The number of carbonyl (C=O) groups excluding carboxylic acids is 1. The third-order valence-corrected chi connectivity index (χ3v) is 4.15. The molecule has 0 spiro atoms. The van der Waals surface area contributed by atoms with Gasteiger partial charge in [-0.05, 0) is 18.2 Å². The van der Waals surface area contributed by atoms with Crippen LogP contribution in [0.1, 0.15) is 15.9 Å². The van der Waals surface area contributed by atoms with E-state index in [9.17, 15) is 26.4 Å². The molecule has 0 radical (unpaired) electrons. The third kappa shape index (κ3) is 3.04. The van der Waals surface area contributed by atoms with Gasteiger partial charge < -0.3 is 5.73 Å². The number of hydrogen-bond acceptors (Lipinski definition) is 3. The van der Waals surface area contributed by atoms with Gasteiger partial charge in [-0.1, -0.05) is 0 Å². The minimum absolute atomic E-state index is 0.398. The number of carbonyl (C=O) groups is 1. The third-order valence-electron chi connectivity index (χ3n) is 2.34. The summed E-state index contributed by atoms with van der Waals surface area (Å²) in [6.45, 7) is 0. The molecule has 2 N–H and O–H groups in total. The summed E-state index contributed by atoms with van der Waals surface area (Å²) in [6.07, 6.45) is -4.87. The van der Waals surface area contributed by atoms with E-state index in [0.717, 1.165) is 16.4 Å². The fourth-order valence-corrected chi connectivity index (χ4v) is 2.27. The highest BCUT2D eigenvalue weighted by Crippen LogP contribution is 2.33. The Bertz CT molecular complexity index is 609. The molecule has 1 rings (SSSR count). The summed E-state index contributed by atoms with van der Waals surface area (Å²) in [7, 11) is -1.65. The van der Waals surface area contributed by atoms with E-state index < -0.39 is 38.1 Å². The van der Waals surface area contributed by atoms with Crippen LogP contribution in [-0.4, -0.2) is 32.7 Å². The minimum atomic E-state index is -4.87. The number of sulfonamides is 1. The second kappa shape index (κ2) is 4.82. The second-order valence-corrected chi connectivity index (χ2v) is 6.01. The first kappa shape index (κ1) is 15.4. The summed E-state index contributed by atoms with van der Waals surface area (Å²) in [6, 6.07) is 2.06. The number of nitrogens with zero attached hydrogens (tertiary/aromatic N) is 1. The first-order valence-electron chi connectivity index (χ1n) is 4.91. The van der Waals surface area contributed by atoms with Crippen LogP contribution in [0.25, 0.3) is 0 Å². The first-order valence-corrected chi connectivity index (χ1v) is 6.35. The normalized spacial score (nSPS) is 12.7. The van der Waals surface area contributed by atoms with Crippen molar-refractivity contribution in [3.05, 3.63) is 29.3 Å². The van der Waals surface area contributed by atoms with E-state index in [-0.39, 0.29) is 0 Å². The molecule has 1 amide bonds. The van der Waals surface area contributed by atoms with Crippen molar-refractivity contribution in [1.82, 2.24) is 4.31 Å². The van der Waals surface area contributed by atoms with Gasteiger partial charge in [0.25, 0.3) is 0 Å². The van der Waals surface area contributed by atoms with E-state index in [1.54, 1.807) is 0 Å². The lowest BCUT2D eigenvalue weighted by molar-refractivity contribution is -0.138. The molecule has 0 fully saturated rings. The van der Waals surface area contributed by atoms with Crippen LogP contribution in [0.2, 0.25) is 0 Å². The smallest absolute Gasteiger partial charge is 0.366 e. The van der Waals surface area contributed by atoms with Gasteiger partial charge in [0, 0.05) is 14.1 Å². The van der Waals surface area contributed by atoms with Crippen molar-refractivity contribution in [3.8, 4) is 0 Å². The Balaban J connectivity index is 3.57. The molecule has 0 saturated heterocycles. The number of rotatable bonds is 3. The van der Waals surface area contributed by atoms with Gasteiger partial charge in [-0.15, -0.1) is 0 Å². The van der Waals surface area contributed by atoms with Crippen molar-refractivity contribution in [2.24, 2.45) is 5.73 Å². The van der Waals surface area contributed by atoms with E-state index >= 15 is 0 Å². The van der Waals surface area contributed by atoms with Crippen LogP contribution >= 0.6 is 0 Å².